The maximum Gasteiger partial charge on any atom is 0.251 e. The van der Waals surface area contributed by atoms with E-state index in [1.165, 1.54) is 12.1 Å². The van der Waals surface area contributed by atoms with Crippen LogP contribution in [0.5, 0.6) is 11.5 Å². The maximum absolute atomic E-state index is 14.1. The minimum absolute atomic E-state index is 0.00925. The van der Waals surface area contributed by atoms with Crippen molar-refractivity contribution in [1.82, 2.24) is 5.32 Å². The highest BCUT2D eigenvalue weighted by Gasteiger charge is 2.12. The summed E-state index contributed by atoms with van der Waals surface area (Å²) in [6.07, 6.45) is 1.08. The normalized spacial score (nSPS) is 11.1. The molecule has 0 unspecified atom stereocenters. The van der Waals surface area contributed by atoms with Gasteiger partial charge in [0.1, 0.15) is 15.6 Å². The number of sulfone groups is 1. The molecule has 0 heterocycles. The number of carbonyl (C=O) groups is 1. The van der Waals surface area contributed by atoms with Crippen LogP contribution in [0.1, 0.15) is 10.4 Å². The molecule has 0 radical (unpaired) electrons. The van der Waals surface area contributed by atoms with Gasteiger partial charge < -0.3 is 10.1 Å². The number of hydrogen-bond donors (Lipinski definition) is 1. The minimum atomic E-state index is -3.17. The van der Waals surface area contributed by atoms with E-state index in [9.17, 15) is 17.6 Å². The number of halogens is 2. The highest BCUT2D eigenvalue weighted by molar-refractivity contribution is 9.10. The number of carbonyl (C=O) groups excluding carboxylic acids is 1. The standard InChI is InChI=1S/C16H15BrFNO4S/c1-24(21,22)9-8-19-16(20)11-2-7-15(14(18)10-11)23-13-5-3-12(17)4-6-13/h2-7,10H,8-9H2,1H3,(H,19,20). The Kier molecular flexibility index (Phi) is 5.95. The van der Waals surface area contributed by atoms with E-state index in [1.54, 1.807) is 24.3 Å². The van der Waals surface area contributed by atoms with Crippen LogP contribution in [0, 0.1) is 5.82 Å². The molecule has 0 aliphatic rings. The summed E-state index contributed by atoms with van der Waals surface area (Å²) in [5, 5.41) is 2.43. The highest BCUT2D eigenvalue weighted by atomic mass is 79.9. The zero-order valence-electron chi connectivity index (χ0n) is 12.8. The van der Waals surface area contributed by atoms with Crippen LogP contribution in [0.3, 0.4) is 0 Å². The number of ether oxygens (including phenoxy) is 1. The van der Waals surface area contributed by atoms with Crippen molar-refractivity contribution in [3.05, 3.63) is 58.3 Å². The summed E-state index contributed by atoms with van der Waals surface area (Å²) in [5.41, 5.74) is 0.0872. The van der Waals surface area contributed by atoms with Crippen LogP contribution in [0.2, 0.25) is 0 Å². The Morgan fingerprint density at radius 3 is 2.46 bits per heavy atom. The van der Waals surface area contributed by atoms with Gasteiger partial charge in [0.2, 0.25) is 0 Å². The molecule has 0 aliphatic heterocycles. The molecule has 0 aliphatic carbocycles. The van der Waals surface area contributed by atoms with Crippen molar-refractivity contribution in [2.75, 3.05) is 18.6 Å². The van der Waals surface area contributed by atoms with Crippen molar-refractivity contribution in [1.29, 1.82) is 0 Å². The van der Waals surface area contributed by atoms with Crippen LogP contribution in [0.15, 0.2) is 46.9 Å². The lowest BCUT2D eigenvalue weighted by molar-refractivity contribution is 0.0955. The third-order valence-corrected chi connectivity index (χ3v) is 4.47. The van der Waals surface area contributed by atoms with Gasteiger partial charge >= 0.3 is 0 Å². The van der Waals surface area contributed by atoms with E-state index < -0.39 is 21.6 Å². The molecule has 8 heteroatoms. The summed E-state index contributed by atoms with van der Waals surface area (Å²) in [7, 11) is -3.17. The lowest BCUT2D eigenvalue weighted by atomic mass is 10.2. The first-order valence-corrected chi connectivity index (χ1v) is 9.79. The Balaban J connectivity index is 2.03. The van der Waals surface area contributed by atoms with Crippen molar-refractivity contribution in [2.24, 2.45) is 0 Å². The SMILES string of the molecule is CS(=O)(=O)CCNC(=O)c1ccc(Oc2ccc(Br)cc2)c(F)c1. The smallest absolute Gasteiger partial charge is 0.251 e. The molecule has 0 aromatic heterocycles. The van der Waals surface area contributed by atoms with Gasteiger partial charge in [-0.2, -0.15) is 0 Å². The number of benzene rings is 2. The Labute approximate surface area is 147 Å². The molecule has 0 saturated carbocycles. The van der Waals surface area contributed by atoms with Gasteiger partial charge in [-0.3, -0.25) is 4.79 Å². The average Bonchev–Trinajstić information content (AvgIpc) is 2.50. The van der Waals surface area contributed by atoms with E-state index in [0.717, 1.165) is 16.8 Å². The lowest BCUT2D eigenvalue weighted by Crippen LogP contribution is -2.28. The molecular weight excluding hydrogens is 401 g/mol. The molecule has 2 aromatic rings. The summed E-state index contributed by atoms with van der Waals surface area (Å²) in [4.78, 5) is 11.9. The maximum atomic E-state index is 14.1. The Morgan fingerprint density at radius 1 is 1.21 bits per heavy atom. The first-order valence-electron chi connectivity index (χ1n) is 6.93. The van der Waals surface area contributed by atoms with Gasteiger partial charge in [-0.25, -0.2) is 12.8 Å². The van der Waals surface area contributed by atoms with Crippen LogP contribution in [0.4, 0.5) is 4.39 Å². The first-order chi connectivity index (χ1) is 11.2. The van der Waals surface area contributed by atoms with Crippen LogP contribution >= 0.6 is 15.9 Å². The molecule has 2 rings (SSSR count). The Bertz CT molecular complexity index is 838. The molecule has 5 nitrogen and oxygen atoms in total. The highest BCUT2D eigenvalue weighted by Crippen LogP contribution is 2.26. The Hall–Kier alpha value is -1.93. The molecule has 1 amide bonds. The summed E-state index contributed by atoms with van der Waals surface area (Å²) < 4.78 is 42.4. The lowest BCUT2D eigenvalue weighted by Gasteiger charge is -2.09. The Morgan fingerprint density at radius 2 is 1.88 bits per heavy atom. The second-order valence-electron chi connectivity index (χ2n) is 5.09. The molecule has 24 heavy (non-hydrogen) atoms. The van der Waals surface area contributed by atoms with Gasteiger partial charge in [-0.15, -0.1) is 0 Å². The molecule has 0 saturated heterocycles. The number of rotatable bonds is 6. The van der Waals surface area contributed by atoms with E-state index in [0.29, 0.717) is 5.75 Å². The molecule has 0 atom stereocenters. The third-order valence-electron chi connectivity index (χ3n) is 2.99. The fraction of sp³-hybridized carbons (Fsp3) is 0.188. The summed E-state index contributed by atoms with van der Waals surface area (Å²) >= 11 is 3.29. The third kappa shape index (κ3) is 5.61. The number of amides is 1. The molecule has 0 spiro atoms. The largest absolute Gasteiger partial charge is 0.454 e. The molecule has 128 valence electrons. The van der Waals surface area contributed by atoms with Crippen molar-refractivity contribution < 1.29 is 22.3 Å². The summed E-state index contributed by atoms with van der Waals surface area (Å²) in [6, 6.07) is 10.7. The predicted octanol–water partition coefficient (Wildman–Crippen LogP) is 3.15. The van der Waals surface area contributed by atoms with Crippen LogP contribution in [-0.4, -0.2) is 32.9 Å². The van der Waals surface area contributed by atoms with Crippen molar-refractivity contribution in [3.63, 3.8) is 0 Å². The summed E-state index contributed by atoms with van der Waals surface area (Å²) in [5.74, 6) is -0.958. The van der Waals surface area contributed by atoms with Crippen LogP contribution < -0.4 is 10.1 Å². The van der Waals surface area contributed by atoms with Gasteiger partial charge in [0.15, 0.2) is 11.6 Å². The van der Waals surface area contributed by atoms with Crippen molar-refractivity contribution in [3.8, 4) is 11.5 Å². The van der Waals surface area contributed by atoms with Crippen LogP contribution in [-0.2, 0) is 9.84 Å². The fourth-order valence-electron chi connectivity index (χ4n) is 1.81. The predicted molar refractivity (Wildman–Crippen MR) is 92.7 cm³/mol. The second-order valence-corrected chi connectivity index (χ2v) is 8.26. The monoisotopic (exact) mass is 415 g/mol. The molecule has 1 N–H and O–H groups in total. The van der Waals surface area contributed by atoms with Gasteiger partial charge in [0.25, 0.3) is 5.91 Å². The quantitative estimate of drug-likeness (QED) is 0.786. The zero-order chi connectivity index (χ0) is 17.7. The molecular formula is C16H15BrFNO4S. The molecule has 0 bridgehead atoms. The van der Waals surface area contributed by atoms with Crippen molar-refractivity contribution >= 4 is 31.7 Å². The minimum Gasteiger partial charge on any atom is -0.454 e. The van der Waals surface area contributed by atoms with E-state index in [4.69, 9.17) is 4.74 Å². The van der Waals surface area contributed by atoms with E-state index in [-0.39, 0.29) is 23.6 Å². The van der Waals surface area contributed by atoms with Crippen LogP contribution in [0.25, 0.3) is 0 Å². The average molecular weight is 416 g/mol. The van der Waals surface area contributed by atoms with E-state index >= 15 is 0 Å². The summed E-state index contributed by atoms with van der Waals surface area (Å²) in [6.45, 7) is -0.0313. The topological polar surface area (TPSA) is 72.5 Å². The van der Waals surface area contributed by atoms with Gasteiger partial charge in [-0.05, 0) is 42.5 Å². The molecule has 0 fully saturated rings. The second kappa shape index (κ2) is 7.76. The molecule has 2 aromatic carbocycles. The van der Waals surface area contributed by atoms with Crippen molar-refractivity contribution in [2.45, 2.75) is 0 Å². The van der Waals surface area contributed by atoms with E-state index in [2.05, 4.69) is 21.2 Å². The van der Waals surface area contributed by atoms with Gasteiger partial charge in [0, 0.05) is 22.8 Å². The van der Waals surface area contributed by atoms with Gasteiger partial charge in [-0.1, -0.05) is 15.9 Å². The van der Waals surface area contributed by atoms with Gasteiger partial charge in [0.05, 0.1) is 5.75 Å². The van der Waals surface area contributed by atoms with E-state index in [1.807, 2.05) is 0 Å². The zero-order valence-corrected chi connectivity index (χ0v) is 15.2. The fourth-order valence-corrected chi connectivity index (χ4v) is 2.54. The number of hydrogen-bond acceptors (Lipinski definition) is 4. The first kappa shape index (κ1) is 18.4. The number of nitrogens with one attached hydrogen (secondary N) is 1.